The van der Waals surface area contributed by atoms with Gasteiger partial charge in [0.15, 0.2) is 0 Å². The molecule has 0 radical (unpaired) electrons. The van der Waals surface area contributed by atoms with Crippen LogP contribution in [0.1, 0.15) is 18.9 Å². The second kappa shape index (κ2) is 5.30. The molecule has 1 saturated heterocycles. The van der Waals surface area contributed by atoms with Gasteiger partial charge in [-0.1, -0.05) is 0 Å². The Morgan fingerprint density at radius 2 is 2.11 bits per heavy atom. The summed E-state index contributed by atoms with van der Waals surface area (Å²) in [5.41, 5.74) is 1.76. The molecule has 0 spiro atoms. The Hall–Kier alpha value is -2.04. The lowest BCUT2D eigenvalue weighted by Crippen LogP contribution is -2.42. The van der Waals surface area contributed by atoms with Crippen molar-refractivity contribution in [2.75, 3.05) is 18.6 Å². The van der Waals surface area contributed by atoms with Crippen LogP contribution in [0.5, 0.6) is 5.75 Å². The Morgan fingerprint density at radius 1 is 1.37 bits per heavy atom. The normalized spacial score (nSPS) is 19.9. The number of nitrogens with zero attached hydrogens (tertiary/aromatic N) is 1. The molecule has 0 bridgehead atoms. The molecule has 19 heavy (non-hydrogen) atoms. The average molecular weight is 262 g/mol. The van der Waals surface area contributed by atoms with Crippen LogP contribution < -0.4 is 15.0 Å². The number of benzene rings is 1. The van der Waals surface area contributed by atoms with Crippen LogP contribution >= 0.6 is 0 Å². The smallest absolute Gasteiger partial charge is 0.249 e. The number of carbonyl (C=O) groups is 2. The van der Waals surface area contributed by atoms with Crippen molar-refractivity contribution in [2.24, 2.45) is 0 Å². The summed E-state index contributed by atoms with van der Waals surface area (Å²) in [6.07, 6.45) is 0.321. The average Bonchev–Trinajstić information content (AvgIpc) is 2.50. The summed E-state index contributed by atoms with van der Waals surface area (Å²) in [5.74, 6) is 0.609. The second-order valence-corrected chi connectivity index (χ2v) is 4.68. The van der Waals surface area contributed by atoms with Crippen LogP contribution in [0.25, 0.3) is 0 Å². The molecule has 1 atom stereocenters. The first-order chi connectivity index (χ1) is 9.02. The summed E-state index contributed by atoms with van der Waals surface area (Å²) in [7, 11) is 1.61. The van der Waals surface area contributed by atoms with Crippen LogP contribution in [0.15, 0.2) is 18.2 Å². The van der Waals surface area contributed by atoms with E-state index >= 15 is 0 Å². The van der Waals surface area contributed by atoms with Crippen molar-refractivity contribution in [1.29, 1.82) is 0 Å². The Labute approximate surface area is 112 Å². The number of amides is 2. The summed E-state index contributed by atoms with van der Waals surface area (Å²) in [6, 6.07) is 5.09. The summed E-state index contributed by atoms with van der Waals surface area (Å²) in [5, 5.41) is 2.67. The molecular formula is C14H18N2O3. The lowest BCUT2D eigenvalue weighted by atomic mass is 10.1. The number of ether oxygens (including phenoxy) is 1. The van der Waals surface area contributed by atoms with E-state index in [1.54, 1.807) is 18.9 Å². The molecule has 102 valence electrons. The van der Waals surface area contributed by atoms with Gasteiger partial charge in [0, 0.05) is 18.7 Å². The maximum Gasteiger partial charge on any atom is 0.249 e. The standard InChI is InChI=1S/C14H18N2O3/c1-9-8-11(4-5-12(9)19-3)16-7-6-13(17)15-10(2)14(16)18/h4-5,8,10H,6-7H2,1-3H3,(H,15,17). The van der Waals surface area contributed by atoms with Crippen LogP contribution in [0, 0.1) is 6.92 Å². The molecule has 1 N–H and O–H groups in total. The first-order valence-electron chi connectivity index (χ1n) is 6.28. The number of anilines is 1. The molecule has 1 aliphatic heterocycles. The number of nitrogens with one attached hydrogen (secondary N) is 1. The second-order valence-electron chi connectivity index (χ2n) is 4.68. The van der Waals surface area contributed by atoms with Crippen LogP contribution in [0.2, 0.25) is 0 Å². The van der Waals surface area contributed by atoms with Crippen LogP contribution in [0.4, 0.5) is 5.69 Å². The lowest BCUT2D eigenvalue weighted by molar-refractivity contribution is -0.125. The highest BCUT2D eigenvalue weighted by Gasteiger charge is 2.27. The van der Waals surface area contributed by atoms with E-state index in [0.717, 1.165) is 17.0 Å². The number of rotatable bonds is 2. The molecule has 1 heterocycles. The minimum Gasteiger partial charge on any atom is -0.496 e. The van der Waals surface area contributed by atoms with Gasteiger partial charge in [0.2, 0.25) is 11.8 Å². The number of methoxy groups -OCH3 is 1. The van der Waals surface area contributed by atoms with Crippen LogP contribution in [-0.2, 0) is 9.59 Å². The minimum absolute atomic E-state index is 0.0876. The van der Waals surface area contributed by atoms with Gasteiger partial charge in [0.1, 0.15) is 11.8 Å². The van der Waals surface area contributed by atoms with Crippen molar-refractivity contribution in [3.05, 3.63) is 23.8 Å². The number of hydrogen-bond acceptors (Lipinski definition) is 3. The van der Waals surface area contributed by atoms with Gasteiger partial charge in [-0.25, -0.2) is 0 Å². The SMILES string of the molecule is COc1ccc(N2CCC(=O)NC(C)C2=O)cc1C. The Kier molecular flexibility index (Phi) is 3.74. The van der Waals surface area contributed by atoms with E-state index < -0.39 is 6.04 Å². The summed E-state index contributed by atoms with van der Waals surface area (Å²) in [6.45, 7) is 4.03. The largest absolute Gasteiger partial charge is 0.496 e. The number of aryl methyl sites for hydroxylation is 1. The molecule has 1 aromatic carbocycles. The van der Waals surface area contributed by atoms with Crippen molar-refractivity contribution in [1.82, 2.24) is 5.32 Å². The van der Waals surface area contributed by atoms with E-state index in [-0.39, 0.29) is 11.8 Å². The molecule has 2 rings (SSSR count). The highest BCUT2D eigenvalue weighted by atomic mass is 16.5. The maximum atomic E-state index is 12.2. The molecule has 1 aliphatic rings. The van der Waals surface area contributed by atoms with Gasteiger partial charge in [-0.3, -0.25) is 9.59 Å². The summed E-state index contributed by atoms with van der Waals surface area (Å²) in [4.78, 5) is 25.4. The molecule has 0 aliphatic carbocycles. The molecule has 0 saturated carbocycles. The highest BCUT2D eigenvalue weighted by molar-refractivity contribution is 6.01. The van der Waals surface area contributed by atoms with Gasteiger partial charge in [-0.2, -0.15) is 0 Å². The van der Waals surface area contributed by atoms with Gasteiger partial charge < -0.3 is 15.0 Å². The zero-order valence-corrected chi connectivity index (χ0v) is 11.4. The fourth-order valence-corrected chi connectivity index (χ4v) is 2.22. The first kappa shape index (κ1) is 13.4. The molecule has 5 nitrogen and oxygen atoms in total. The number of hydrogen-bond donors (Lipinski definition) is 1. The van der Waals surface area contributed by atoms with Gasteiger partial charge in [-0.05, 0) is 37.6 Å². The Balaban J connectivity index is 2.31. The van der Waals surface area contributed by atoms with Crippen molar-refractivity contribution < 1.29 is 14.3 Å². The van der Waals surface area contributed by atoms with Gasteiger partial charge >= 0.3 is 0 Å². The molecular weight excluding hydrogens is 244 g/mol. The Bertz CT molecular complexity index is 513. The predicted octanol–water partition coefficient (Wildman–Crippen LogP) is 1.25. The molecule has 0 aromatic heterocycles. The van der Waals surface area contributed by atoms with Crippen molar-refractivity contribution in [3.63, 3.8) is 0 Å². The third-order valence-corrected chi connectivity index (χ3v) is 3.27. The first-order valence-corrected chi connectivity index (χ1v) is 6.28. The van der Waals surface area contributed by atoms with Crippen LogP contribution in [-0.4, -0.2) is 31.5 Å². The van der Waals surface area contributed by atoms with Gasteiger partial charge in [0.25, 0.3) is 0 Å². The topological polar surface area (TPSA) is 58.6 Å². The van der Waals surface area contributed by atoms with E-state index in [9.17, 15) is 9.59 Å². The highest BCUT2D eigenvalue weighted by Crippen LogP contribution is 2.25. The fourth-order valence-electron chi connectivity index (χ4n) is 2.22. The zero-order chi connectivity index (χ0) is 14.0. The van der Waals surface area contributed by atoms with E-state index in [1.807, 2.05) is 25.1 Å². The third kappa shape index (κ3) is 2.70. The van der Waals surface area contributed by atoms with E-state index in [0.29, 0.717) is 13.0 Å². The maximum absolute atomic E-state index is 12.2. The molecule has 5 heteroatoms. The van der Waals surface area contributed by atoms with Crippen molar-refractivity contribution >= 4 is 17.5 Å². The third-order valence-electron chi connectivity index (χ3n) is 3.27. The molecule has 1 aromatic rings. The Morgan fingerprint density at radius 3 is 2.74 bits per heavy atom. The van der Waals surface area contributed by atoms with E-state index in [1.165, 1.54) is 0 Å². The predicted molar refractivity (Wildman–Crippen MR) is 72.3 cm³/mol. The van der Waals surface area contributed by atoms with Crippen LogP contribution in [0.3, 0.4) is 0 Å². The minimum atomic E-state index is -0.489. The van der Waals surface area contributed by atoms with Gasteiger partial charge in [-0.15, -0.1) is 0 Å². The van der Waals surface area contributed by atoms with Gasteiger partial charge in [0.05, 0.1) is 7.11 Å². The number of carbonyl (C=O) groups excluding carboxylic acids is 2. The fraction of sp³-hybridized carbons (Fsp3) is 0.429. The molecule has 2 amide bonds. The lowest BCUT2D eigenvalue weighted by Gasteiger charge is -2.23. The summed E-state index contributed by atoms with van der Waals surface area (Å²) < 4.78 is 5.21. The summed E-state index contributed by atoms with van der Waals surface area (Å²) >= 11 is 0. The molecule has 1 fully saturated rings. The monoisotopic (exact) mass is 262 g/mol. The molecule has 1 unspecified atom stereocenters. The zero-order valence-electron chi connectivity index (χ0n) is 11.4. The van der Waals surface area contributed by atoms with Crippen molar-refractivity contribution in [2.45, 2.75) is 26.3 Å². The van der Waals surface area contributed by atoms with Crippen molar-refractivity contribution in [3.8, 4) is 5.75 Å². The van der Waals surface area contributed by atoms with E-state index in [2.05, 4.69) is 5.32 Å². The quantitative estimate of drug-likeness (QED) is 0.872. The van der Waals surface area contributed by atoms with E-state index in [4.69, 9.17) is 4.74 Å².